The Kier molecular flexibility index (Phi) is 6.91. The molecule has 5 rings (SSSR count). The van der Waals surface area contributed by atoms with Crippen LogP contribution in [-0.4, -0.2) is 27.8 Å². The fourth-order valence-corrected chi connectivity index (χ4v) is 4.77. The lowest BCUT2D eigenvalue weighted by Crippen LogP contribution is -2.26. The third-order valence-electron chi connectivity index (χ3n) is 6.08. The van der Waals surface area contributed by atoms with Crippen molar-refractivity contribution in [2.75, 3.05) is 10.3 Å². The molecule has 1 aliphatic rings. The molecule has 0 radical (unpaired) electrons. The second kappa shape index (κ2) is 10.2. The van der Waals surface area contributed by atoms with Crippen molar-refractivity contribution in [2.45, 2.75) is 6.18 Å². The van der Waals surface area contributed by atoms with Crippen LogP contribution in [0.5, 0.6) is 5.75 Å². The number of para-hydroxylation sites is 1. The lowest BCUT2D eigenvalue weighted by molar-refractivity contribution is -0.137. The highest BCUT2D eigenvalue weighted by Crippen LogP contribution is 2.42. The third kappa shape index (κ3) is 5.06. The average molecular weight is 586 g/mol. The zero-order valence-electron chi connectivity index (χ0n) is 20.0. The summed E-state index contributed by atoms with van der Waals surface area (Å²) in [6.45, 7) is 0. The van der Waals surface area contributed by atoms with Gasteiger partial charge in [0, 0.05) is 21.2 Å². The maximum absolute atomic E-state index is 13.5. The molecule has 1 aliphatic heterocycles. The number of hydrogen-bond acceptors (Lipinski definition) is 5. The molecule has 0 fully saturated rings. The van der Waals surface area contributed by atoms with Crippen LogP contribution in [0.25, 0.3) is 11.1 Å². The van der Waals surface area contributed by atoms with Crippen LogP contribution in [0.3, 0.4) is 0 Å². The zero-order chi connectivity index (χ0) is 28.8. The summed E-state index contributed by atoms with van der Waals surface area (Å²) in [6, 6.07) is 17.5. The van der Waals surface area contributed by atoms with E-state index in [0.29, 0.717) is 5.56 Å². The van der Waals surface area contributed by atoms with Crippen LogP contribution in [0.15, 0.2) is 84.0 Å². The topological polar surface area (TPSA) is 102 Å². The van der Waals surface area contributed by atoms with Crippen LogP contribution >= 0.6 is 23.2 Å². The lowest BCUT2D eigenvalue weighted by Gasteiger charge is -2.19. The predicted molar refractivity (Wildman–Crippen MR) is 146 cm³/mol. The van der Waals surface area contributed by atoms with Crippen LogP contribution < -0.4 is 10.3 Å². The number of phenols is 1. The van der Waals surface area contributed by atoms with Crippen molar-refractivity contribution in [3.8, 4) is 16.9 Å². The summed E-state index contributed by atoms with van der Waals surface area (Å²) >= 11 is 12.2. The van der Waals surface area contributed by atoms with Crippen molar-refractivity contribution in [3.63, 3.8) is 0 Å². The van der Waals surface area contributed by atoms with Gasteiger partial charge in [-0.15, -0.1) is 0 Å². The maximum Gasteiger partial charge on any atom is 0.416 e. The molecule has 4 aromatic rings. The Morgan fingerprint density at radius 1 is 0.900 bits per heavy atom. The quantitative estimate of drug-likeness (QED) is 0.165. The molecule has 0 spiro atoms. The summed E-state index contributed by atoms with van der Waals surface area (Å²) in [4.78, 5) is 25.9. The number of carboxylic acids is 1. The Labute approximate surface area is 234 Å². The number of rotatable bonds is 5. The molecule has 0 aromatic heterocycles. The van der Waals surface area contributed by atoms with Gasteiger partial charge >= 0.3 is 12.1 Å². The van der Waals surface area contributed by atoms with Crippen molar-refractivity contribution >= 4 is 57.9 Å². The number of aromatic carboxylic acids is 1. The fraction of sp³-hybridized carbons (Fsp3) is 0.0357. The van der Waals surface area contributed by atoms with E-state index in [1.807, 2.05) is 0 Å². The summed E-state index contributed by atoms with van der Waals surface area (Å²) in [5.41, 5.74) is 2.36. The van der Waals surface area contributed by atoms with Crippen molar-refractivity contribution in [1.82, 2.24) is 0 Å². The molecular weight excluding hydrogens is 570 g/mol. The number of anilines is 3. The third-order valence-corrected chi connectivity index (χ3v) is 6.51. The number of hydrazone groups is 1. The summed E-state index contributed by atoms with van der Waals surface area (Å²) in [5, 5.41) is 24.7. The predicted octanol–water partition coefficient (Wildman–Crippen LogP) is 7.58. The Hall–Kier alpha value is -4.54. The molecular formula is C28H16Cl2F3N3O4. The fourth-order valence-electron chi connectivity index (χ4n) is 4.26. The number of benzene rings is 4. The van der Waals surface area contributed by atoms with Crippen LogP contribution in [0.4, 0.5) is 30.2 Å². The van der Waals surface area contributed by atoms with Gasteiger partial charge < -0.3 is 10.2 Å². The van der Waals surface area contributed by atoms with Gasteiger partial charge in [-0.05, 0) is 60.2 Å². The van der Waals surface area contributed by atoms with Gasteiger partial charge in [0.2, 0.25) is 0 Å². The van der Waals surface area contributed by atoms with Crippen molar-refractivity contribution in [3.05, 3.63) is 106 Å². The van der Waals surface area contributed by atoms with E-state index in [0.717, 1.165) is 23.1 Å². The second-order valence-corrected chi connectivity index (χ2v) is 9.53. The minimum Gasteiger partial charge on any atom is -0.505 e. The Morgan fingerprint density at radius 3 is 2.27 bits per heavy atom. The highest BCUT2D eigenvalue weighted by atomic mass is 35.5. The van der Waals surface area contributed by atoms with Crippen LogP contribution in [0.1, 0.15) is 21.5 Å². The molecule has 0 saturated carbocycles. The SMILES string of the molecule is O=C(O)c1cccc(-c2cccc(NN=C3C(=O)N(c4cc(Cl)cc(Cl)c4)c4cc(C(F)(F)F)ccc43)c2O)c1. The summed E-state index contributed by atoms with van der Waals surface area (Å²) < 4.78 is 40.6. The molecule has 1 amide bonds. The van der Waals surface area contributed by atoms with E-state index >= 15 is 0 Å². The number of nitrogens with zero attached hydrogens (tertiary/aromatic N) is 2. The number of halogens is 5. The normalized spacial score (nSPS) is 14.0. The van der Waals surface area contributed by atoms with Crippen LogP contribution in [-0.2, 0) is 11.0 Å². The number of hydrogen-bond donors (Lipinski definition) is 3. The van der Waals surface area contributed by atoms with E-state index < -0.39 is 23.6 Å². The highest BCUT2D eigenvalue weighted by molar-refractivity contribution is 6.56. The van der Waals surface area contributed by atoms with E-state index in [4.69, 9.17) is 23.2 Å². The minimum absolute atomic E-state index is 0.0168. The first-order chi connectivity index (χ1) is 18.9. The molecule has 0 saturated heterocycles. The Balaban J connectivity index is 1.57. The number of aromatic hydroxyl groups is 1. The van der Waals surface area contributed by atoms with Crippen molar-refractivity contribution in [1.29, 1.82) is 0 Å². The number of carbonyl (C=O) groups is 2. The first-order valence-electron chi connectivity index (χ1n) is 11.5. The molecule has 12 heteroatoms. The van der Waals surface area contributed by atoms with Crippen LogP contribution in [0, 0.1) is 0 Å². The molecule has 0 aliphatic carbocycles. The molecule has 0 atom stereocenters. The van der Waals surface area contributed by atoms with Crippen LogP contribution in [0.2, 0.25) is 10.0 Å². The van der Waals surface area contributed by atoms with Gasteiger partial charge in [0.05, 0.1) is 28.2 Å². The van der Waals surface area contributed by atoms with Gasteiger partial charge in [-0.2, -0.15) is 18.3 Å². The van der Waals surface area contributed by atoms with E-state index in [1.54, 1.807) is 18.2 Å². The molecule has 40 heavy (non-hydrogen) atoms. The molecule has 1 heterocycles. The van der Waals surface area contributed by atoms with Gasteiger partial charge in [0.25, 0.3) is 5.91 Å². The van der Waals surface area contributed by atoms with Crippen molar-refractivity contribution < 1.29 is 33.0 Å². The molecule has 202 valence electrons. The molecule has 3 N–H and O–H groups in total. The number of alkyl halides is 3. The number of carbonyl (C=O) groups excluding carboxylic acids is 1. The van der Waals surface area contributed by atoms with Gasteiger partial charge in [-0.1, -0.05) is 47.5 Å². The van der Waals surface area contributed by atoms with E-state index in [1.165, 1.54) is 42.5 Å². The minimum atomic E-state index is -4.67. The number of nitrogens with one attached hydrogen (secondary N) is 1. The van der Waals surface area contributed by atoms with E-state index in [-0.39, 0.29) is 55.3 Å². The van der Waals surface area contributed by atoms with Gasteiger partial charge in [-0.3, -0.25) is 15.1 Å². The molecule has 0 bridgehead atoms. The number of amides is 1. The molecule has 0 unspecified atom stereocenters. The van der Waals surface area contributed by atoms with Gasteiger partial charge in [-0.25, -0.2) is 4.79 Å². The summed E-state index contributed by atoms with van der Waals surface area (Å²) in [5.74, 6) is -2.18. The smallest absolute Gasteiger partial charge is 0.416 e. The zero-order valence-corrected chi connectivity index (χ0v) is 21.5. The van der Waals surface area contributed by atoms with Gasteiger partial charge in [0.15, 0.2) is 5.71 Å². The lowest BCUT2D eigenvalue weighted by atomic mass is 10.0. The maximum atomic E-state index is 13.5. The second-order valence-electron chi connectivity index (χ2n) is 8.66. The first-order valence-corrected chi connectivity index (χ1v) is 12.2. The monoisotopic (exact) mass is 585 g/mol. The Bertz CT molecular complexity index is 1700. The standard InChI is InChI=1S/C28H16Cl2F3N3O4/c29-17-11-18(30)13-19(12-17)36-23-10-16(28(31,32)33)7-8-21(23)24(26(36)38)35-34-22-6-2-5-20(25(22)37)14-3-1-4-15(9-14)27(39)40/h1-13,34,37H,(H,39,40). The average Bonchev–Trinajstić information content (AvgIpc) is 3.17. The largest absolute Gasteiger partial charge is 0.505 e. The first kappa shape index (κ1) is 27.0. The number of phenolic OH excluding ortho intramolecular Hbond substituents is 1. The summed E-state index contributed by atoms with van der Waals surface area (Å²) in [6.07, 6.45) is -4.67. The number of carboxylic acid groups (broad SMARTS) is 1. The van der Waals surface area contributed by atoms with Crippen molar-refractivity contribution in [2.24, 2.45) is 5.10 Å². The Morgan fingerprint density at radius 2 is 1.60 bits per heavy atom. The molecule has 4 aromatic carbocycles. The van der Waals surface area contributed by atoms with E-state index in [9.17, 15) is 33.0 Å². The highest BCUT2D eigenvalue weighted by Gasteiger charge is 2.39. The van der Waals surface area contributed by atoms with E-state index in [2.05, 4.69) is 10.5 Å². The number of fused-ring (bicyclic) bond motifs is 1. The van der Waals surface area contributed by atoms with Gasteiger partial charge in [0.1, 0.15) is 5.75 Å². The summed E-state index contributed by atoms with van der Waals surface area (Å²) in [7, 11) is 0. The molecule has 7 nitrogen and oxygen atoms in total.